The van der Waals surface area contributed by atoms with E-state index in [1.54, 1.807) is 0 Å². The second-order valence-electron chi connectivity index (χ2n) is 6.72. The number of sulfonamides is 1. The Kier molecular flexibility index (Phi) is 5.19. The second kappa shape index (κ2) is 7.52. The fourth-order valence-corrected chi connectivity index (χ4v) is 6.75. The number of piperidine rings is 1. The zero-order valence-electron chi connectivity index (χ0n) is 15.0. The molecule has 3 amide bonds. The van der Waals surface area contributed by atoms with Crippen molar-refractivity contribution in [3.05, 3.63) is 45.8 Å². The van der Waals surface area contributed by atoms with Crippen LogP contribution in [0.4, 0.5) is 5.69 Å². The number of hydrogen-bond donors (Lipinski definition) is 2. The van der Waals surface area contributed by atoms with E-state index >= 15 is 0 Å². The minimum atomic E-state index is -3.86. The van der Waals surface area contributed by atoms with E-state index in [2.05, 4.69) is 10.6 Å². The molecule has 3 heterocycles. The molecule has 2 aliphatic rings. The lowest BCUT2D eigenvalue weighted by Crippen LogP contribution is -2.49. The van der Waals surface area contributed by atoms with Crippen LogP contribution in [-0.4, -0.2) is 43.0 Å². The van der Waals surface area contributed by atoms with Crippen LogP contribution in [0, 0.1) is 0 Å². The Bertz CT molecular complexity index is 1130. The first-order chi connectivity index (χ1) is 13.8. The summed E-state index contributed by atoms with van der Waals surface area (Å²) < 4.78 is 27.7. The largest absolute Gasteiger partial charge is 0.325 e. The van der Waals surface area contributed by atoms with Crippen molar-refractivity contribution in [2.24, 2.45) is 0 Å². The number of imide groups is 1. The molecule has 2 aliphatic heterocycles. The molecule has 8 nitrogen and oxygen atoms in total. The number of nitrogens with zero attached hydrogens (tertiary/aromatic N) is 1. The fourth-order valence-electron chi connectivity index (χ4n) is 3.48. The molecule has 0 bridgehead atoms. The van der Waals surface area contributed by atoms with Crippen molar-refractivity contribution < 1.29 is 22.8 Å². The number of halogens is 1. The molecule has 152 valence electrons. The van der Waals surface area contributed by atoms with Crippen molar-refractivity contribution in [3.8, 4) is 0 Å². The third-order valence-electron chi connectivity index (χ3n) is 4.87. The summed E-state index contributed by atoms with van der Waals surface area (Å²) in [4.78, 5) is 36.4. The molecule has 1 aromatic carbocycles. The van der Waals surface area contributed by atoms with Crippen LogP contribution in [0.25, 0.3) is 0 Å². The molecule has 4 rings (SSSR count). The van der Waals surface area contributed by atoms with E-state index in [4.69, 9.17) is 11.6 Å². The topological polar surface area (TPSA) is 113 Å². The van der Waals surface area contributed by atoms with Crippen molar-refractivity contribution in [3.63, 3.8) is 0 Å². The van der Waals surface area contributed by atoms with Gasteiger partial charge < -0.3 is 5.32 Å². The van der Waals surface area contributed by atoms with Crippen LogP contribution in [-0.2, 0) is 14.8 Å². The lowest BCUT2D eigenvalue weighted by molar-refractivity contribution is -0.120. The normalized spacial score (nSPS) is 19.7. The van der Waals surface area contributed by atoms with Crippen molar-refractivity contribution in [2.45, 2.75) is 29.5 Å². The number of hydrogen-bond acceptors (Lipinski definition) is 6. The molecule has 11 heteroatoms. The summed E-state index contributed by atoms with van der Waals surface area (Å²) in [5, 5.41) is 4.86. The minimum absolute atomic E-state index is 0.0925. The quantitative estimate of drug-likeness (QED) is 0.690. The Morgan fingerprint density at radius 1 is 1.14 bits per heavy atom. The Labute approximate surface area is 175 Å². The van der Waals surface area contributed by atoms with Crippen molar-refractivity contribution in [1.29, 1.82) is 0 Å². The minimum Gasteiger partial charge on any atom is -0.325 e. The highest BCUT2D eigenvalue weighted by Gasteiger charge is 2.38. The van der Waals surface area contributed by atoms with Gasteiger partial charge in [0, 0.05) is 12.2 Å². The molecular weight excluding hydrogens is 438 g/mol. The maximum absolute atomic E-state index is 13.0. The van der Waals surface area contributed by atoms with E-state index in [0.29, 0.717) is 22.9 Å². The van der Waals surface area contributed by atoms with Crippen LogP contribution >= 0.6 is 22.9 Å². The fraction of sp³-hybridized carbons (Fsp3) is 0.278. The zero-order valence-corrected chi connectivity index (χ0v) is 17.4. The Hall–Kier alpha value is -2.27. The van der Waals surface area contributed by atoms with Crippen LogP contribution in [0.3, 0.4) is 0 Å². The molecule has 1 aromatic heterocycles. The van der Waals surface area contributed by atoms with E-state index in [0.717, 1.165) is 17.8 Å². The predicted octanol–water partition coefficient (Wildman–Crippen LogP) is 2.47. The predicted molar refractivity (Wildman–Crippen MR) is 108 cm³/mol. The highest BCUT2D eigenvalue weighted by molar-refractivity contribution is 7.91. The van der Waals surface area contributed by atoms with Crippen molar-refractivity contribution in [2.75, 3.05) is 11.9 Å². The molecule has 29 heavy (non-hydrogen) atoms. The summed E-state index contributed by atoms with van der Waals surface area (Å²) in [6, 6.07) is 6.44. The number of fused-ring (bicyclic) bond motifs is 1. The van der Waals surface area contributed by atoms with Crippen LogP contribution in [0.15, 0.2) is 34.5 Å². The monoisotopic (exact) mass is 453 g/mol. The van der Waals surface area contributed by atoms with Crippen LogP contribution < -0.4 is 10.6 Å². The molecule has 1 saturated heterocycles. The first-order valence-electron chi connectivity index (χ1n) is 8.85. The van der Waals surface area contributed by atoms with E-state index in [-0.39, 0.29) is 21.9 Å². The number of thiophene rings is 1. The van der Waals surface area contributed by atoms with Gasteiger partial charge in [0.1, 0.15) is 10.3 Å². The Balaban J connectivity index is 1.58. The van der Waals surface area contributed by atoms with Gasteiger partial charge in [-0.25, -0.2) is 8.42 Å². The van der Waals surface area contributed by atoms with Gasteiger partial charge in [-0.1, -0.05) is 18.0 Å². The van der Waals surface area contributed by atoms with Gasteiger partial charge in [-0.3, -0.25) is 19.7 Å². The van der Waals surface area contributed by atoms with Crippen LogP contribution in [0.1, 0.15) is 40.0 Å². The molecule has 0 spiro atoms. The highest BCUT2D eigenvalue weighted by Crippen LogP contribution is 2.32. The van der Waals surface area contributed by atoms with Gasteiger partial charge in [0.05, 0.1) is 15.5 Å². The summed E-state index contributed by atoms with van der Waals surface area (Å²) in [5.41, 5.74) is 0.735. The van der Waals surface area contributed by atoms with E-state index in [1.807, 2.05) is 0 Å². The maximum atomic E-state index is 13.0. The summed E-state index contributed by atoms with van der Waals surface area (Å²) in [5.74, 6) is -1.50. The van der Waals surface area contributed by atoms with Gasteiger partial charge in [-0.2, -0.15) is 4.31 Å². The number of nitrogens with one attached hydrogen (secondary N) is 2. The SMILES string of the molecule is O=C1NC(=O)c2cc(NC(=O)C3CCCCN3S(=O)(=O)c3ccc(Cl)s3)ccc21. The maximum Gasteiger partial charge on any atom is 0.259 e. The number of benzene rings is 1. The first kappa shape index (κ1) is 20.0. The molecule has 0 saturated carbocycles. The van der Waals surface area contributed by atoms with Gasteiger partial charge in [0.2, 0.25) is 5.91 Å². The van der Waals surface area contributed by atoms with Gasteiger partial charge in [0.15, 0.2) is 0 Å². The number of carbonyl (C=O) groups excluding carboxylic acids is 3. The second-order valence-corrected chi connectivity index (χ2v) is 10.6. The highest BCUT2D eigenvalue weighted by atomic mass is 35.5. The number of anilines is 1. The van der Waals surface area contributed by atoms with Gasteiger partial charge in [-0.15, -0.1) is 11.3 Å². The summed E-state index contributed by atoms with van der Waals surface area (Å²) in [6.07, 6.45) is 1.76. The molecule has 1 unspecified atom stereocenters. The lowest BCUT2D eigenvalue weighted by Gasteiger charge is -2.33. The Morgan fingerprint density at radius 3 is 2.62 bits per heavy atom. The number of rotatable bonds is 4. The summed E-state index contributed by atoms with van der Waals surface area (Å²) >= 11 is 6.83. The van der Waals surface area contributed by atoms with Crippen LogP contribution in [0.5, 0.6) is 0 Å². The molecule has 1 atom stereocenters. The molecular formula is C18H16ClN3O5S2. The smallest absolute Gasteiger partial charge is 0.259 e. The standard InChI is InChI=1S/C18H16ClN3O5S2/c19-14-6-7-15(28-14)29(26,27)22-8-2-1-3-13(22)18(25)20-10-4-5-11-12(9-10)17(24)21-16(11)23/h4-7,9,13H,1-3,8H2,(H,20,25)(H,21,23,24). The first-order valence-corrected chi connectivity index (χ1v) is 11.5. The van der Waals surface area contributed by atoms with E-state index in [9.17, 15) is 22.8 Å². The number of carbonyl (C=O) groups is 3. The summed E-state index contributed by atoms with van der Waals surface area (Å²) in [6.45, 7) is 0.233. The van der Waals surface area contributed by atoms with Gasteiger partial charge >= 0.3 is 0 Å². The molecule has 0 radical (unpaired) electrons. The van der Waals surface area contributed by atoms with E-state index in [1.165, 1.54) is 34.6 Å². The number of amides is 3. The molecule has 0 aliphatic carbocycles. The van der Waals surface area contributed by atoms with Crippen molar-refractivity contribution in [1.82, 2.24) is 9.62 Å². The zero-order chi connectivity index (χ0) is 20.8. The average molecular weight is 454 g/mol. The lowest BCUT2D eigenvalue weighted by atomic mass is 10.0. The van der Waals surface area contributed by atoms with Crippen molar-refractivity contribution >= 4 is 56.4 Å². The molecule has 2 aromatic rings. The van der Waals surface area contributed by atoms with Crippen LogP contribution in [0.2, 0.25) is 4.34 Å². The third kappa shape index (κ3) is 3.68. The van der Waals surface area contributed by atoms with Gasteiger partial charge in [-0.05, 0) is 43.2 Å². The Morgan fingerprint density at radius 2 is 1.90 bits per heavy atom. The summed E-state index contributed by atoms with van der Waals surface area (Å²) in [7, 11) is -3.86. The van der Waals surface area contributed by atoms with E-state index < -0.39 is 33.8 Å². The third-order valence-corrected chi connectivity index (χ3v) is 8.48. The molecule has 2 N–H and O–H groups in total. The van der Waals surface area contributed by atoms with Gasteiger partial charge in [0.25, 0.3) is 21.8 Å². The molecule has 1 fully saturated rings. The average Bonchev–Trinajstić information content (AvgIpc) is 3.25.